The Morgan fingerprint density at radius 2 is 2.33 bits per heavy atom. The monoisotopic (exact) mass is 181 g/mol. The lowest BCUT2D eigenvalue weighted by Gasteiger charge is -1.94. The first-order valence-corrected chi connectivity index (χ1v) is 4.17. The summed E-state index contributed by atoms with van der Waals surface area (Å²) >= 11 is 5.79. The van der Waals surface area contributed by atoms with Crippen molar-refractivity contribution in [2.45, 2.75) is 13.3 Å². The second-order valence-corrected chi connectivity index (χ2v) is 2.96. The number of H-pyrrole nitrogens is 1. The normalized spacial score (nSPS) is 10.8. The van der Waals surface area contributed by atoms with Gasteiger partial charge in [0.05, 0.1) is 5.69 Å². The van der Waals surface area contributed by atoms with E-state index in [1.807, 2.05) is 6.07 Å². The number of nitrogens with zero attached hydrogens (tertiary/aromatic N) is 2. The van der Waals surface area contributed by atoms with Crippen LogP contribution >= 0.6 is 11.6 Å². The summed E-state index contributed by atoms with van der Waals surface area (Å²) in [5, 5.41) is 1.63. The van der Waals surface area contributed by atoms with E-state index >= 15 is 0 Å². The molecule has 0 unspecified atom stereocenters. The summed E-state index contributed by atoms with van der Waals surface area (Å²) < 4.78 is 0. The van der Waals surface area contributed by atoms with Gasteiger partial charge in [-0.25, -0.2) is 9.97 Å². The highest BCUT2D eigenvalue weighted by Gasteiger charge is 2.03. The highest BCUT2D eigenvalue weighted by atomic mass is 35.5. The van der Waals surface area contributed by atoms with Crippen molar-refractivity contribution in [3.05, 3.63) is 23.2 Å². The predicted molar refractivity (Wildman–Crippen MR) is 48.3 cm³/mol. The lowest BCUT2D eigenvalue weighted by atomic mass is 10.2. The largest absolute Gasteiger partial charge is 0.330 e. The van der Waals surface area contributed by atoms with Gasteiger partial charge in [0, 0.05) is 5.39 Å². The molecule has 3 nitrogen and oxygen atoms in total. The van der Waals surface area contributed by atoms with E-state index in [-0.39, 0.29) is 0 Å². The summed E-state index contributed by atoms with van der Waals surface area (Å²) in [6.45, 7) is 2.06. The van der Waals surface area contributed by atoms with Gasteiger partial charge in [0.2, 0.25) is 0 Å². The van der Waals surface area contributed by atoms with Gasteiger partial charge in [-0.1, -0.05) is 18.5 Å². The number of aryl methyl sites for hydroxylation is 1. The second-order valence-electron chi connectivity index (χ2n) is 2.55. The maximum absolute atomic E-state index is 5.79. The number of fused-ring (bicyclic) bond motifs is 1. The molecule has 4 heteroatoms. The number of hydrogen-bond acceptors (Lipinski definition) is 2. The minimum absolute atomic E-state index is 0.611. The molecule has 12 heavy (non-hydrogen) atoms. The van der Waals surface area contributed by atoms with Gasteiger partial charge in [-0.2, -0.15) is 0 Å². The van der Waals surface area contributed by atoms with Crippen molar-refractivity contribution in [3.8, 4) is 0 Å². The van der Waals surface area contributed by atoms with E-state index in [1.54, 1.807) is 6.33 Å². The van der Waals surface area contributed by atoms with Gasteiger partial charge in [0.15, 0.2) is 0 Å². The fraction of sp³-hybridized carbons (Fsp3) is 0.250. The molecule has 0 saturated heterocycles. The van der Waals surface area contributed by atoms with Crippen LogP contribution in [0.4, 0.5) is 0 Å². The summed E-state index contributed by atoms with van der Waals surface area (Å²) in [5.41, 5.74) is 1.84. The maximum atomic E-state index is 5.79. The summed E-state index contributed by atoms with van der Waals surface area (Å²) in [6.07, 6.45) is 2.45. The molecule has 2 rings (SSSR count). The van der Waals surface area contributed by atoms with Crippen LogP contribution in [0.1, 0.15) is 12.6 Å². The second kappa shape index (κ2) is 2.75. The summed E-state index contributed by atoms with van der Waals surface area (Å²) in [6, 6.07) is 1.86. The van der Waals surface area contributed by atoms with E-state index < -0.39 is 0 Å². The van der Waals surface area contributed by atoms with E-state index in [9.17, 15) is 0 Å². The Labute approximate surface area is 74.8 Å². The van der Waals surface area contributed by atoms with Crippen molar-refractivity contribution in [3.63, 3.8) is 0 Å². The summed E-state index contributed by atoms with van der Waals surface area (Å²) in [4.78, 5) is 11.2. The third-order valence-electron chi connectivity index (χ3n) is 1.81. The Balaban J connectivity index is 2.78. The Hall–Kier alpha value is -1.09. The van der Waals surface area contributed by atoms with Gasteiger partial charge in [-0.15, -0.1) is 0 Å². The molecule has 62 valence electrons. The number of nitrogens with one attached hydrogen (secondary N) is 1. The van der Waals surface area contributed by atoms with Gasteiger partial charge < -0.3 is 4.98 Å². The smallest absolute Gasteiger partial charge is 0.142 e. The molecule has 0 amide bonds. The van der Waals surface area contributed by atoms with Gasteiger partial charge in [0.1, 0.15) is 17.1 Å². The highest BCUT2D eigenvalue weighted by molar-refractivity contribution is 6.30. The zero-order chi connectivity index (χ0) is 8.55. The van der Waals surface area contributed by atoms with E-state index in [0.29, 0.717) is 5.15 Å². The van der Waals surface area contributed by atoms with Gasteiger partial charge in [0.25, 0.3) is 0 Å². The van der Waals surface area contributed by atoms with Crippen molar-refractivity contribution < 1.29 is 0 Å². The highest BCUT2D eigenvalue weighted by Crippen LogP contribution is 2.18. The maximum Gasteiger partial charge on any atom is 0.142 e. The van der Waals surface area contributed by atoms with E-state index in [0.717, 1.165) is 23.1 Å². The molecular weight excluding hydrogens is 174 g/mol. The summed E-state index contributed by atoms with van der Waals surface area (Å²) in [7, 11) is 0. The molecule has 0 aliphatic heterocycles. The Morgan fingerprint density at radius 1 is 1.50 bits per heavy atom. The number of halogens is 1. The molecule has 0 bridgehead atoms. The summed E-state index contributed by atoms with van der Waals surface area (Å²) in [5.74, 6) is 0. The minimum atomic E-state index is 0.611. The van der Waals surface area contributed by atoms with E-state index in [4.69, 9.17) is 11.6 Å². The molecule has 0 aliphatic rings. The molecule has 0 fully saturated rings. The van der Waals surface area contributed by atoms with Crippen molar-refractivity contribution in [2.24, 2.45) is 0 Å². The van der Waals surface area contributed by atoms with Crippen molar-refractivity contribution in [2.75, 3.05) is 0 Å². The molecule has 2 aromatic rings. The zero-order valence-electron chi connectivity index (χ0n) is 6.63. The first kappa shape index (κ1) is 7.55. The van der Waals surface area contributed by atoms with E-state index in [2.05, 4.69) is 21.9 Å². The minimum Gasteiger partial charge on any atom is -0.330 e. The first-order chi connectivity index (χ1) is 5.81. The fourth-order valence-electron chi connectivity index (χ4n) is 1.24. The van der Waals surface area contributed by atoms with Crippen molar-refractivity contribution >= 4 is 22.6 Å². The average molecular weight is 182 g/mol. The van der Waals surface area contributed by atoms with E-state index in [1.165, 1.54) is 0 Å². The van der Waals surface area contributed by atoms with Crippen LogP contribution in [0.15, 0.2) is 12.4 Å². The molecule has 0 aromatic carbocycles. The molecule has 0 radical (unpaired) electrons. The van der Waals surface area contributed by atoms with Gasteiger partial charge in [-0.05, 0) is 12.5 Å². The number of aromatic nitrogens is 3. The van der Waals surface area contributed by atoms with Crippen LogP contribution < -0.4 is 0 Å². The molecule has 2 aromatic heterocycles. The van der Waals surface area contributed by atoms with Crippen LogP contribution in [0.5, 0.6) is 0 Å². The Morgan fingerprint density at radius 3 is 3.08 bits per heavy atom. The molecule has 0 saturated carbocycles. The van der Waals surface area contributed by atoms with Crippen molar-refractivity contribution in [1.29, 1.82) is 0 Å². The third kappa shape index (κ3) is 1.06. The zero-order valence-corrected chi connectivity index (χ0v) is 7.39. The molecule has 0 atom stereocenters. The number of hydrogen-bond donors (Lipinski definition) is 1. The van der Waals surface area contributed by atoms with Crippen LogP contribution in [-0.2, 0) is 6.42 Å². The van der Waals surface area contributed by atoms with Crippen LogP contribution in [0.3, 0.4) is 0 Å². The van der Waals surface area contributed by atoms with Crippen LogP contribution in [0, 0.1) is 0 Å². The quantitative estimate of drug-likeness (QED) is 0.733. The molecule has 0 spiro atoms. The number of aromatic amines is 1. The topological polar surface area (TPSA) is 41.6 Å². The lowest BCUT2D eigenvalue weighted by Crippen LogP contribution is -1.88. The predicted octanol–water partition coefficient (Wildman–Crippen LogP) is 2.17. The third-order valence-corrected chi connectivity index (χ3v) is 2.01. The Bertz CT molecular complexity index is 408. The van der Waals surface area contributed by atoms with Crippen molar-refractivity contribution in [1.82, 2.24) is 15.0 Å². The fourth-order valence-corrected chi connectivity index (χ4v) is 1.44. The van der Waals surface area contributed by atoms with Crippen LogP contribution in [0.2, 0.25) is 5.15 Å². The molecule has 1 N–H and O–H groups in total. The lowest BCUT2D eigenvalue weighted by molar-refractivity contribution is 1.03. The SMILES string of the molecule is CCc1ncnc2[nH]c(Cl)cc12. The van der Waals surface area contributed by atoms with Gasteiger partial charge >= 0.3 is 0 Å². The van der Waals surface area contributed by atoms with Crippen LogP contribution in [-0.4, -0.2) is 15.0 Å². The van der Waals surface area contributed by atoms with Gasteiger partial charge in [-0.3, -0.25) is 0 Å². The first-order valence-electron chi connectivity index (χ1n) is 3.79. The van der Waals surface area contributed by atoms with Crippen LogP contribution in [0.25, 0.3) is 11.0 Å². The average Bonchev–Trinajstić information content (AvgIpc) is 2.44. The molecule has 0 aliphatic carbocycles. The standard InChI is InChI=1S/C8H8ClN3/c1-2-6-5-3-7(9)12-8(5)11-4-10-6/h3-4H,2H2,1H3,(H,10,11,12). The Kier molecular flexibility index (Phi) is 1.73. The molecule has 2 heterocycles. The molecular formula is C8H8ClN3. The number of rotatable bonds is 1.